The molecule has 0 spiro atoms. The number of sulfonamides is 1. The molecule has 0 saturated carbocycles. The topological polar surface area (TPSA) is 58.2 Å². The van der Waals surface area contributed by atoms with Crippen LogP contribution in [0.15, 0.2) is 29.2 Å². The average Bonchev–Trinajstić information content (AvgIpc) is 2.39. The summed E-state index contributed by atoms with van der Waals surface area (Å²) in [6, 6.07) is 7.16. The molecule has 1 aromatic rings. The third-order valence-electron chi connectivity index (χ3n) is 3.14. The van der Waals surface area contributed by atoms with Gasteiger partial charge in [-0.3, -0.25) is 0 Å². The van der Waals surface area contributed by atoms with Gasteiger partial charge in [0, 0.05) is 6.54 Å². The first-order valence-electron chi connectivity index (χ1n) is 7.19. The molecule has 0 aliphatic heterocycles. The highest BCUT2D eigenvalue weighted by atomic mass is 32.2. The second-order valence-electron chi connectivity index (χ2n) is 5.43. The molecule has 0 bridgehead atoms. The first-order valence-corrected chi connectivity index (χ1v) is 8.67. The van der Waals surface area contributed by atoms with Crippen LogP contribution in [0.1, 0.15) is 32.3 Å². The Morgan fingerprint density at radius 2 is 1.75 bits per heavy atom. The van der Waals surface area contributed by atoms with E-state index in [2.05, 4.69) is 23.9 Å². The minimum absolute atomic E-state index is 0.346. The van der Waals surface area contributed by atoms with Crippen LogP contribution in [-0.2, 0) is 16.4 Å². The molecule has 0 fully saturated rings. The van der Waals surface area contributed by atoms with Gasteiger partial charge in [0.05, 0.1) is 4.90 Å². The summed E-state index contributed by atoms with van der Waals surface area (Å²) in [5.74, 6) is 0.493. The van der Waals surface area contributed by atoms with Gasteiger partial charge < -0.3 is 5.32 Å². The molecule has 0 heterocycles. The lowest BCUT2D eigenvalue weighted by atomic mass is 10.1. The fourth-order valence-corrected chi connectivity index (χ4v) is 2.92. The van der Waals surface area contributed by atoms with Gasteiger partial charge in [0.15, 0.2) is 0 Å². The van der Waals surface area contributed by atoms with Gasteiger partial charge >= 0.3 is 0 Å². The highest BCUT2D eigenvalue weighted by Gasteiger charge is 2.13. The molecule has 0 unspecified atom stereocenters. The molecule has 0 aliphatic rings. The molecule has 0 amide bonds. The van der Waals surface area contributed by atoms with Crippen molar-refractivity contribution in [2.24, 2.45) is 5.92 Å². The second-order valence-corrected chi connectivity index (χ2v) is 7.20. The van der Waals surface area contributed by atoms with Crippen molar-refractivity contribution in [1.82, 2.24) is 10.0 Å². The highest BCUT2D eigenvalue weighted by Crippen LogP contribution is 2.12. The van der Waals surface area contributed by atoms with Crippen LogP contribution in [0.5, 0.6) is 0 Å². The average molecular weight is 298 g/mol. The summed E-state index contributed by atoms with van der Waals surface area (Å²) in [5, 5.41) is 3.10. The van der Waals surface area contributed by atoms with Crippen molar-refractivity contribution < 1.29 is 8.42 Å². The summed E-state index contributed by atoms with van der Waals surface area (Å²) in [6.45, 7) is 5.61. The highest BCUT2D eigenvalue weighted by molar-refractivity contribution is 7.89. The maximum Gasteiger partial charge on any atom is 0.240 e. The smallest absolute Gasteiger partial charge is 0.240 e. The van der Waals surface area contributed by atoms with Gasteiger partial charge in [0.1, 0.15) is 0 Å². The minimum Gasteiger partial charge on any atom is -0.320 e. The standard InChI is InChI=1S/C15H26N2O2S/c1-13(2)10-12-17-20(18,19)15-8-6-14(7-9-15)5-4-11-16-3/h6-9,13,16-17H,4-5,10-12H2,1-3H3. The normalized spacial score (nSPS) is 12.0. The van der Waals surface area contributed by atoms with Crippen LogP contribution in [-0.4, -0.2) is 28.6 Å². The Bertz CT molecular complexity index is 481. The van der Waals surface area contributed by atoms with Crippen molar-refractivity contribution in [3.63, 3.8) is 0 Å². The van der Waals surface area contributed by atoms with Gasteiger partial charge in [-0.1, -0.05) is 26.0 Å². The van der Waals surface area contributed by atoms with Gasteiger partial charge in [-0.2, -0.15) is 0 Å². The molecular weight excluding hydrogens is 272 g/mol. The molecule has 1 rings (SSSR count). The minimum atomic E-state index is -3.36. The Morgan fingerprint density at radius 3 is 2.30 bits per heavy atom. The molecule has 0 saturated heterocycles. The molecule has 0 radical (unpaired) electrons. The monoisotopic (exact) mass is 298 g/mol. The van der Waals surface area contributed by atoms with Gasteiger partial charge in [-0.25, -0.2) is 13.1 Å². The van der Waals surface area contributed by atoms with Crippen LogP contribution >= 0.6 is 0 Å². The van der Waals surface area contributed by atoms with E-state index in [0.717, 1.165) is 25.8 Å². The zero-order valence-corrected chi connectivity index (χ0v) is 13.5. The van der Waals surface area contributed by atoms with Crippen LogP contribution in [0, 0.1) is 5.92 Å². The third kappa shape index (κ3) is 6.03. The molecule has 0 aromatic heterocycles. The molecule has 1 aromatic carbocycles. The van der Waals surface area contributed by atoms with E-state index in [4.69, 9.17) is 0 Å². The number of hydrogen-bond donors (Lipinski definition) is 2. The van der Waals surface area contributed by atoms with Crippen LogP contribution in [0.2, 0.25) is 0 Å². The van der Waals surface area contributed by atoms with E-state index in [-0.39, 0.29) is 0 Å². The number of hydrogen-bond acceptors (Lipinski definition) is 3. The number of rotatable bonds is 9. The van der Waals surface area contributed by atoms with E-state index < -0.39 is 10.0 Å². The maximum atomic E-state index is 12.1. The van der Waals surface area contributed by atoms with Crippen molar-refractivity contribution in [2.75, 3.05) is 20.1 Å². The van der Waals surface area contributed by atoms with Crippen molar-refractivity contribution in [2.45, 2.75) is 38.0 Å². The molecule has 0 aliphatic carbocycles. The van der Waals surface area contributed by atoms with E-state index in [1.54, 1.807) is 12.1 Å². The summed E-state index contributed by atoms with van der Waals surface area (Å²) in [5.41, 5.74) is 1.17. The van der Waals surface area contributed by atoms with E-state index in [0.29, 0.717) is 17.4 Å². The quantitative estimate of drug-likeness (QED) is 0.687. The van der Waals surface area contributed by atoms with Crippen LogP contribution in [0.25, 0.3) is 0 Å². The second kappa shape index (κ2) is 8.39. The lowest BCUT2D eigenvalue weighted by Gasteiger charge is -2.09. The van der Waals surface area contributed by atoms with Crippen molar-refractivity contribution in [3.8, 4) is 0 Å². The zero-order valence-electron chi connectivity index (χ0n) is 12.6. The third-order valence-corrected chi connectivity index (χ3v) is 4.62. The van der Waals surface area contributed by atoms with E-state index in [1.165, 1.54) is 5.56 Å². The lowest BCUT2D eigenvalue weighted by molar-refractivity contribution is 0.551. The first kappa shape index (κ1) is 17.1. The van der Waals surface area contributed by atoms with E-state index in [1.807, 2.05) is 19.2 Å². The van der Waals surface area contributed by atoms with Crippen molar-refractivity contribution >= 4 is 10.0 Å². The maximum absolute atomic E-state index is 12.1. The Kier molecular flexibility index (Phi) is 7.19. The van der Waals surface area contributed by atoms with Gasteiger partial charge in [0.2, 0.25) is 10.0 Å². The summed E-state index contributed by atoms with van der Waals surface area (Å²) in [7, 11) is -1.43. The van der Waals surface area contributed by atoms with E-state index in [9.17, 15) is 8.42 Å². The fourth-order valence-electron chi connectivity index (χ4n) is 1.87. The zero-order chi connectivity index (χ0) is 15.0. The predicted octanol–water partition coefficient (Wildman–Crippen LogP) is 2.16. The van der Waals surface area contributed by atoms with Crippen LogP contribution in [0.4, 0.5) is 0 Å². The SMILES string of the molecule is CNCCCc1ccc(S(=O)(=O)NCCC(C)C)cc1. The number of nitrogens with one attached hydrogen (secondary N) is 2. The fraction of sp³-hybridized carbons (Fsp3) is 0.600. The molecule has 0 atom stereocenters. The first-order chi connectivity index (χ1) is 9.45. The Morgan fingerprint density at radius 1 is 1.10 bits per heavy atom. The molecule has 5 heteroatoms. The predicted molar refractivity (Wildman–Crippen MR) is 83.3 cm³/mol. The molecule has 2 N–H and O–H groups in total. The van der Waals surface area contributed by atoms with Gasteiger partial charge in [0.25, 0.3) is 0 Å². The molecular formula is C15H26N2O2S. The Balaban J connectivity index is 2.57. The molecule has 20 heavy (non-hydrogen) atoms. The number of aryl methyl sites for hydroxylation is 1. The lowest BCUT2D eigenvalue weighted by Crippen LogP contribution is -2.25. The van der Waals surface area contributed by atoms with E-state index >= 15 is 0 Å². The summed E-state index contributed by atoms with van der Waals surface area (Å²) in [4.78, 5) is 0.346. The Labute approximate surface area is 123 Å². The van der Waals surface area contributed by atoms with Crippen LogP contribution in [0.3, 0.4) is 0 Å². The van der Waals surface area contributed by atoms with Gasteiger partial charge in [-0.05, 0) is 56.5 Å². The summed E-state index contributed by atoms with van der Waals surface area (Å²) < 4.78 is 26.8. The molecule has 114 valence electrons. The Hall–Kier alpha value is -0.910. The van der Waals surface area contributed by atoms with Gasteiger partial charge in [-0.15, -0.1) is 0 Å². The number of benzene rings is 1. The van der Waals surface area contributed by atoms with Crippen molar-refractivity contribution in [3.05, 3.63) is 29.8 Å². The summed E-state index contributed by atoms with van der Waals surface area (Å²) in [6.07, 6.45) is 2.86. The van der Waals surface area contributed by atoms with Crippen LogP contribution < -0.4 is 10.0 Å². The largest absolute Gasteiger partial charge is 0.320 e. The van der Waals surface area contributed by atoms with Crippen molar-refractivity contribution in [1.29, 1.82) is 0 Å². The molecule has 4 nitrogen and oxygen atoms in total. The summed E-state index contributed by atoms with van der Waals surface area (Å²) >= 11 is 0.